The molecule has 8 heteroatoms. The van der Waals surface area contributed by atoms with Gasteiger partial charge in [-0.2, -0.15) is 0 Å². The van der Waals surface area contributed by atoms with Crippen LogP contribution in [0.25, 0.3) is 0 Å². The van der Waals surface area contributed by atoms with Crippen LogP contribution in [0.1, 0.15) is 23.4 Å². The van der Waals surface area contributed by atoms with E-state index in [4.69, 9.17) is 11.6 Å². The van der Waals surface area contributed by atoms with E-state index >= 15 is 0 Å². The van der Waals surface area contributed by atoms with Crippen LogP contribution >= 0.6 is 22.9 Å². The van der Waals surface area contributed by atoms with E-state index in [2.05, 4.69) is 16.7 Å². The number of piperazine rings is 1. The monoisotopic (exact) mass is 422 g/mol. The molecule has 28 heavy (non-hydrogen) atoms. The number of halogens is 1. The maximum atomic E-state index is 12.9. The van der Waals surface area contributed by atoms with Gasteiger partial charge in [0, 0.05) is 12.1 Å². The molecule has 3 rings (SSSR count). The Labute approximate surface area is 174 Å². The first-order valence-electron chi connectivity index (χ1n) is 9.62. The molecule has 0 aliphatic carbocycles. The molecule has 0 radical (unpaired) electrons. The van der Waals surface area contributed by atoms with E-state index in [0.717, 1.165) is 42.6 Å². The van der Waals surface area contributed by atoms with Crippen LogP contribution in [-0.4, -0.2) is 44.7 Å². The highest BCUT2D eigenvalue weighted by atomic mass is 35.5. The van der Waals surface area contributed by atoms with Crippen molar-refractivity contribution in [3.8, 4) is 0 Å². The number of carbonyl (C=O) groups is 2. The molecule has 150 valence electrons. The van der Waals surface area contributed by atoms with Crippen molar-refractivity contribution in [2.24, 2.45) is 0 Å². The molecule has 4 N–H and O–H groups in total. The number of nitrogens with one attached hydrogen (secondary N) is 4. The van der Waals surface area contributed by atoms with Gasteiger partial charge >= 0.3 is 6.03 Å². The summed E-state index contributed by atoms with van der Waals surface area (Å²) < 4.78 is 0.824. The van der Waals surface area contributed by atoms with Crippen LogP contribution in [0.5, 0.6) is 0 Å². The molecule has 1 aromatic carbocycles. The Morgan fingerprint density at radius 3 is 2.43 bits per heavy atom. The van der Waals surface area contributed by atoms with Gasteiger partial charge in [0.1, 0.15) is 32.7 Å². The Hall–Kier alpha value is -1.93. The summed E-state index contributed by atoms with van der Waals surface area (Å²) in [6.07, 6.45) is 0. The van der Waals surface area contributed by atoms with E-state index in [-0.39, 0.29) is 11.9 Å². The first kappa shape index (κ1) is 20.8. The molecule has 1 saturated heterocycles. The number of carbonyl (C=O) groups excluding carboxylic acids is 2. The number of benzene rings is 1. The van der Waals surface area contributed by atoms with Crippen molar-refractivity contribution >= 4 is 34.9 Å². The lowest BCUT2D eigenvalue weighted by molar-refractivity contribution is -1.03. The summed E-state index contributed by atoms with van der Waals surface area (Å²) in [6, 6.07) is 12.9. The SMILES string of the molecule is CCNC(=O)NC(=O)[C@@H](c1ccccc1)[NH+]1CC[NH+](Cc2ccc(Cl)s2)CC1. The number of urea groups is 1. The van der Waals surface area contributed by atoms with Crippen LogP contribution in [0.4, 0.5) is 4.79 Å². The molecule has 1 aromatic heterocycles. The molecule has 1 atom stereocenters. The number of thiophene rings is 1. The predicted molar refractivity (Wildman–Crippen MR) is 111 cm³/mol. The van der Waals surface area contributed by atoms with Gasteiger partial charge in [0.15, 0.2) is 6.04 Å². The van der Waals surface area contributed by atoms with E-state index in [1.165, 1.54) is 14.7 Å². The fourth-order valence-electron chi connectivity index (χ4n) is 3.69. The first-order valence-corrected chi connectivity index (χ1v) is 10.8. The van der Waals surface area contributed by atoms with E-state index in [1.807, 2.05) is 43.3 Å². The summed E-state index contributed by atoms with van der Waals surface area (Å²) in [7, 11) is 0. The minimum Gasteiger partial charge on any atom is -0.338 e. The van der Waals surface area contributed by atoms with Gasteiger partial charge in [-0.05, 0) is 19.1 Å². The largest absolute Gasteiger partial charge is 0.338 e. The normalized spacial score (nSPS) is 20.4. The van der Waals surface area contributed by atoms with Crippen molar-refractivity contribution < 1.29 is 19.4 Å². The van der Waals surface area contributed by atoms with E-state index in [9.17, 15) is 9.59 Å². The van der Waals surface area contributed by atoms with Crippen LogP contribution < -0.4 is 20.4 Å². The van der Waals surface area contributed by atoms with Crippen LogP contribution in [0.3, 0.4) is 0 Å². The molecule has 1 aliphatic rings. The Kier molecular flexibility index (Phi) is 7.44. The van der Waals surface area contributed by atoms with Gasteiger partial charge in [-0.15, -0.1) is 11.3 Å². The maximum absolute atomic E-state index is 12.9. The zero-order chi connectivity index (χ0) is 19.9. The third-order valence-corrected chi connectivity index (χ3v) is 6.26. The summed E-state index contributed by atoms with van der Waals surface area (Å²) in [5.74, 6) is -0.249. The molecule has 2 heterocycles. The van der Waals surface area contributed by atoms with Crippen LogP contribution in [0, 0.1) is 0 Å². The average Bonchev–Trinajstić information content (AvgIpc) is 3.09. The molecule has 0 saturated carbocycles. The summed E-state index contributed by atoms with van der Waals surface area (Å²) in [6.45, 7) is 6.97. The van der Waals surface area contributed by atoms with Gasteiger partial charge < -0.3 is 15.1 Å². The van der Waals surface area contributed by atoms with Crippen molar-refractivity contribution in [3.05, 3.63) is 57.2 Å². The van der Waals surface area contributed by atoms with Crippen LogP contribution in [0.15, 0.2) is 42.5 Å². The molecule has 0 spiro atoms. The van der Waals surface area contributed by atoms with Gasteiger partial charge in [0.25, 0.3) is 5.91 Å². The van der Waals surface area contributed by atoms with E-state index in [0.29, 0.717) is 6.54 Å². The Morgan fingerprint density at radius 1 is 1.11 bits per heavy atom. The lowest BCUT2D eigenvalue weighted by Crippen LogP contribution is -3.28. The lowest BCUT2D eigenvalue weighted by atomic mass is 10.0. The topological polar surface area (TPSA) is 67.1 Å². The van der Waals surface area contributed by atoms with Gasteiger partial charge in [0.2, 0.25) is 0 Å². The Bertz CT molecular complexity index is 791. The number of quaternary nitrogens is 2. The van der Waals surface area contributed by atoms with Crippen LogP contribution in [-0.2, 0) is 11.3 Å². The molecular weight excluding hydrogens is 396 g/mol. The van der Waals surface area contributed by atoms with Gasteiger partial charge in [-0.3, -0.25) is 10.1 Å². The second-order valence-corrected chi connectivity index (χ2v) is 8.78. The standard InChI is InChI=1S/C20H25ClN4O2S/c1-2-22-20(27)23-19(26)18(15-6-4-3-5-7-15)25-12-10-24(11-13-25)14-16-8-9-17(21)28-16/h3-9,18H,2,10-14H2,1H3,(H2,22,23,26,27)/p+2/t18-/m1/s1. The summed E-state index contributed by atoms with van der Waals surface area (Å²) in [4.78, 5) is 28.7. The molecule has 6 nitrogen and oxygen atoms in total. The summed E-state index contributed by atoms with van der Waals surface area (Å²) >= 11 is 7.67. The molecule has 1 aliphatic heterocycles. The Morgan fingerprint density at radius 2 is 1.82 bits per heavy atom. The lowest BCUT2D eigenvalue weighted by Gasteiger charge is -2.33. The number of hydrogen-bond donors (Lipinski definition) is 4. The fraction of sp³-hybridized carbons (Fsp3) is 0.400. The minimum atomic E-state index is -0.438. The number of amides is 3. The van der Waals surface area contributed by atoms with Crippen molar-refractivity contribution in [2.45, 2.75) is 19.5 Å². The number of hydrogen-bond acceptors (Lipinski definition) is 3. The van der Waals surface area contributed by atoms with Crippen molar-refractivity contribution in [1.82, 2.24) is 10.6 Å². The van der Waals surface area contributed by atoms with Crippen molar-refractivity contribution in [3.63, 3.8) is 0 Å². The van der Waals surface area contributed by atoms with Gasteiger partial charge in [-0.1, -0.05) is 41.9 Å². The van der Waals surface area contributed by atoms with Gasteiger partial charge in [0.05, 0.1) is 9.21 Å². The molecule has 0 bridgehead atoms. The molecule has 2 aromatic rings. The minimum absolute atomic E-state index is 0.249. The molecule has 3 amide bonds. The third-order valence-electron chi connectivity index (χ3n) is 5.03. The van der Waals surface area contributed by atoms with Crippen LogP contribution in [0.2, 0.25) is 4.34 Å². The highest BCUT2D eigenvalue weighted by molar-refractivity contribution is 7.16. The highest BCUT2D eigenvalue weighted by Crippen LogP contribution is 2.20. The molecule has 0 unspecified atom stereocenters. The smallest absolute Gasteiger partial charge is 0.321 e. The summed E-state index contributed by atoms with van der Waals surface area (Å²) in [5.41, 5.74) is 0.938. The molecular formula is C20H27ClN4O2S+2. The zero-order valence-corrected chi connectivity index (χ0v) is 17.5. The first-order chi connectivity index (χ1) is 13.6. The second kappa shape index (κ2) is 10.0. The number of rotatable bonds is 6. The van der Waals surface area contributed by atoms with Gasteiger partial charge in [-0.25, -0.2) is 4.79 Å². The number of imide groups is 1. The van der Waals surface area contributed by atoms with E-state index in [1.54, 1.807) is 11.3 Å². The highest BCUT2D eigenvalue weighted by Gasteiger charge is 2.36. The predicted octanol–water partition coefficient (Wildman–Crippen LogP) is 0.272. The Balaban J connectivity index is 1.66. The van der Waals surface area contributed by atoms with Crippen molar-refractivity contribution in [1.29, 1.82) is 0 Å². The molecule has 1 fully saturated rings. The second-order valence-electron chi connectivity index (χ2n) is 6.98. The fourth-order valence-corrected chi connectivity index (χ4v) is 4.85. The average molecular weight is 423 g/mol. The summed E-state index contributed by atoms with van der Waals surface area (Å²) in [5, 5.41) is 5.13. The maximum Gasteiger partial charge on any atom is 0.321 e. The quantitative estimate of drug-likeness (QED) is 0.540. The van der Waals surface area contributed by atoms with E-state index < -0.39 is 6.03 Å². The zero-order valence-electron chi connectivity index (χ0n) is 16.0. The van der Waals surface area contributed by atoms with Crippen molar-refractivity contribution in [2.75, 3.05) is 32.7 Å². The third kappa shape index (κ3) is 5.54.